The van der Waals surface area contributed by atoms with Crippen molar-refractivity contribution in [1.29, 1.82) is 0 Å². The molecule has 0 bridgehead atoms. The maximum Gasteiger partial charge on any atom is 0.229 e. The molecule has 0 spiro atoms. The van der Waals surface area contributed by atoms with Crippen LogP contribution in [-0.2, 0) is 7.05 Å². The van der Waals surface area contributed by atoms with E-state index in [1.54, 1.807) is 30.1 Å². The highest BCUT2D eigenvalue weighted by Crippen LogP contribution is 2.23. The van der Waals surface area contributed by atoms with Gasteiger partial charge in [0.1, 0.15) is 0 Å². The molecule has 0 atom stereocenters. The van der Waals surface area contributed by atoms with Crippen LogP contribution in [-0.4, -0.2) is 15.3 Å². The Morgan fingerprint density at radius 2 is 2.12 bits per heavy atom. The van der Waals surface area contributed by atoms with Crippen molar-refractivity contribution >= 4 is 37.6 Å². The number of carbonyl (C=O) groups excluding carboxylic acids is 1. The van der Waals surface area contributed by atoms with Crippen LogP contribution in [0.25, 0.3) is 0 Å². The number of ketones is 1. The molecule has 1 aromatic heterocycles. The maximum atomic E-state index is 12.1. The number of imidazole rings is 1. The number of carbonyl (C=O) groups is 1. The fraction of sp³-hybridized carbons (Fsp3) is 0.0909. The van der Waals surface area contributed by atoms with Gasteiger partial charge in [0, 0.05) is 34.0 Å². The Morgan fingerprint density at radius 3 is 2.69 bits per heavy atom. The summed E-state index contributed by atoms with van der Waals surface area (Å²) in [6.07, 6.45) is 3.36. The first-order valence-electron chi connectivity index (χ1n) is 4.56. The normalized spacial score (nSPS) is 10.4. The first kappa shape index (κ1) is 11.5. The predicted octanol–water partition coefficient (Wildman–Crippen LogP) is 3.18. The van der Waals surface area contributed by atoms with Gasteiger partial charge in [-0.15, -0.1) is 0 Å². The summed E-state index contributed by atoms with van der Waals surface area (Å²) in [5, 5.41) is 0. The van der Waals surface area contributed by atoms with Crippen LogP contribution in [0.15, 0.2) is 39.5 Å². The molecule has 0 saturated heterocycles. The van der Waals surface area contributed by atoms with E-state index in [0.29, 0.717) is 11.4 Å². The molecule has 3 nitrogen and oxygen atoms in total. The molecule has 5 heteroatoms. The third kappa shape index (κ3) is 2.10. The third-order valence-corrected chi connectivity index (χ3v) is 3.35. The van der Waals surface area contributed by atoms with Crippen LogP contribution in [0.3, 0.4) is 0 Å². The molecular formula is C11H8Br2N2O. The van der Waals surface area contributed by atoms with Crippen LogP contribution in [0.4, 0.5) is 0 Å². The Balaban J connectivity index is 2.46. The number of hydrogen-bond acceptors (Lipinski definition) is 2. The van der Waals surface area contributed by atoms with Gasteiger partial charge in [0.25, 0.3) is 0 Å². The van der Waals surface area contributed by atoms with Gasteiger partial charge in [-0.1, -0.05) is 15.9 Å². The van der Waals surface area contributed by atoms with E-state index < -0.39 is 0 Å². The van der Waals surface area contributed by atoms with E-state index in [1.165, 1.54) is 0 Å². The molecule has 82 valence electrons. The van der Waals surface area contributed by atoms with Crippen LogP contribution in [0.1, 0.15) is 16.2 Å². The molecule has 2 rings (SSSR count). The Labute approximate surface area is 110 Å². The minimum absolute atomic E-state index is 0.0909. The highest BCUT2D eigenvalue weighted by Gasteiger charge is 2.16. The molecule has 0 radical (unpaired) electrons. The summed E-state index contributed by atoms with van der Waals surface area (Å²) in [5.74, 6) is 0.342. The molecule has 2 aromatic rings. The van der Waals surface area contributed by atoms with Gasteiger partial charge in [-0.3, -0.25) is 4.79 Å². The minimum Gasteiger partial charge on any atom is -0.331 e. The monoisotopic (exact) mass is 342 g/mol. The predicted molar refractivity (Wildman–Crippen MR) is 68.5 cm³/mol. The van der Waals surface area contributed by atoms with Crippen molar-refractivity contribution in [3.05, 3.63) is 50.9 Å². The van der Waals surface area contributed by atoms with Crippen molar-refractivity contribution in [1.82, 2.24) is 9.55 Å². The summed E-state index contributed by atoms with van der Waals surface area (Å²) in [6, 6.07) is 5.45. The van der Waals surface area contributed by atoms with Gasteiger partial charge < -0.3 is 4.57 Å². The van der Waals surface area contributed by atoms with Gasteiger partial charge >= 0.3 is 0 Å². The summed E-state index contributed by atoms with van der Waals surface area (Å²) in [4.78, 5) is 16.2. The molecule has 16 heavy (non-hydrogen) atoms. The molecular weight excluding hydrogens is 336 g/mol. The zero-order valence-electron chi connectivity index (χ0n) is 8.45. The van der Waals surface area contributed by atoms with Gasteiger partial charge in [0.05, 0.1) is 0 Å². The Morgan fingerprint density at radius 1 is 1.38 bits per heavy atom. The summed E-state index contributed by atoms with van der Waals surface area (Å²) >= 11 is 6.72. The molecule has 0 saturated carbocycles. The molecule has 1 aromatic carbocycles. The lowest BCUT2D eigenvalue weighted by molar-refractivity contribution is 0.102. The molecule has 1 heterocycles. The molecule has 0 aliphatic rings. The van der Waals surface area contributed by atoms with Crippen LogP contribution in [0, 0.1) is 0 Å². The van der Waals surface area contributed by atoms with Crippen LogP contribution >= 0.6 is 31.9 Å². The third-order valence-electron chi connectivity index (χ3n) is 2.20. The van der Waals surface area contributed by atoms with Crippen molar-refractivity contribution in [3.8, 4) is 0 Å². The average Bonchev–Trinajstić information content (AvgIpc) is 2.63. The second-order valence-corrected chi connectivity index (χ2v) is 5.09. The highest BCUT2D eigenvalue weighted by atomic mass is 79.9. The second-order valence-electron chi connectivity index (χ2n) is 3.32. The number of halogens is 2. The number of benzene rings is 1. The Kier molecular flexibility index (Phi) is 3.25. The number of aromatic nitrogens is 2. The van der Waals surface area contributed by atoms with Crippen molar-refractivity contribution < 1.29 is 4.79 Å². The van der Waals surface area contributed by atoms with Gasteiger partial charge in [0.15, 0.2) is 5.82 Å². The topological polar surface area (TPSA) is 34.9 Å². The fourth-order valence-corrected chi connectivity index (χ4v) is 2.61. The smallest absolute Gasteiger partial charge is 0.229 e. The second kappa shape index (κ2) is 4.51. The zero-order chi connectivity index (χ0) is 11.7. The summed E-state index contributed by atoms with van der Waals surface area (Å²) < 4.78 is 3.39. The van der Waals surface area contributed by atoms with Crippen molar-refractivity contribution in [3.63, 3.8) is 0 Å². The molecule has 0 aliphatic carbocycles. The fourth-order valence-electron chi connectivity index (χ4n) is 1.38. The van der Waals surface area contributed by atoms with E-state index in [1.807, 2.05) is 12.1 Å². The van der Waals surface area contributed by atoms with Crippen molar-refractivity contribution in [2.24, 2.45) is 7.05 Å². The molecule has 0 fully saturated rings. The summed E-state index contributed by atoms with van der Waals surface area (Å²) in [5.41, 5.74) is 0.609. The number of nitrogens with zero attached hydrogens (tertiary/aromatic N) is 2. The molecule has 0 N–H and O–H groups in total. The minimum atomic E-state index is -0.0909. The van der Waals surface area contributed by atoms with Crippen molar-refractivity contribution in [2.45, 2.75) is 0 Å². The Bertz CT molecular complexity index is 549. The van der Waals surface area contributed by atoms with E-state index in [0.717, 1.165) is 8.95 Å². The van der Waals surface area contributed by atoms with E-state index in [2.05, 4.69) is 36.8 Å². The molecule has 0 amide bonds. The van der Waals surface area contributed by atoms with Crippen LogP contribution in [0.2, 0.25) is 0 Å². The van der Waals surface area contributed by atoms with Gasteiger partial charge in [-0.05, 0) is 34.1 Å². The quantitative estimate of drug-likeness (QED) is 0.785. The number of rotatable bonds is 2. The molecule has 0 aliphatic heterocycles. The summed E-state index contributed by atoms with van der Waals surface area (Å²) in [7, 11) is 1.80. The number of aryl methyl sites for hydroxylation is 1. The molecule has 0 unspecified atom stereocenters. The van der Waals surface area contributed by atoms with Crippen molar-refractivity contribution in [2.75, 3.05) is 0 Å². The lowest BCUT2D eigenvalue weighted by Crippen LogP contribution is -2.09. The Hall–Kier alpha value is -0.940. The largest absolute Gasteiger partial charge is 0.331 e. The van der Waals surface area contributed by atoms with E-state index in [4.69, 9.17) is 0 Å². The summed E-state index contributed by atoms with van der Waals surface area (Å²) in [6.45, 7) is 0. The highest BCUT2D eigenvalue weighted by molar-refractivity contribution is 9.11. The average molecular weight is 344 g/mol. The van der Waals surface area contributed by atoms with E-state index in [9.17, 15) is 4.79 Å². The standard InChI is InChI=1S/C11H8Br2N2O/c1-15-5-4-14-11(15)10(16)8-3-2-7(12)6-9(8)13/h2-6H,1H3. The zero-order valence-corrected chi connectivity index (χ0v) is 11.6. The van der Waals surface area contributed by atoms with E-state index in [-0.39, 0.29) is 5.78 Å². The van der Waals surface area contributed by atoms with Crippen LogP contribution in [0.5, 0.6) is 0 Å². The maximum absolute atomic E-state index is 12.1. The van der Waals surface area contributed by atoms with Crippen LogP contribution < -0.4 is 0 Å². The first-order chi connectivity index (χ1) is 7.59. The SMILES string of the molecule is Cn1ccnc1C(=O)c1ccc(Br)cc1Br. The van der Waals surface area contributed by atoms with Gasteiger partial charge in [-0.25, -0.2) is 4.98 Å². The lowest BCUT2D eigenvalue weighted by Gasteiger charge is -2.04. The van der Waals surface area contributed by atoms with Gasteiger partial charge in [-0.2, -0.15) is 0 Å². The van der Waals surface area contributed by atoms with E-state index >= 15 is 0 Å². The first-order valence-corrected chi connectivity index (χ1v) is 6.15. The lowest BCUT2D eigenvalue weighted by atomic mass is 10.1. The van der Waals surface area contributed by atoms with Gasteiger partial charge in [0.2, 0.25) is 5.78 Å². The number of hydrogen-bond donors (Lipinski definition) is 0.